The minimum atomic E-state index is 0.703. The van der Waals surface area contributed by atoms with Crippen molar-refractivity contribution in [2.45, 2.75) is 12.8 Å². The van der Waals surface area contributed by atoms with Gasteiger partial charge in [0.1, 0.15) is 11.3 Å². The molecular formula is C43H29NO. The summed E-state index contributed by atoms with van der Waals surface area (Å²) in [6.07, 6.45) is 1.51. The zero-order chi connectivity index (χ0) is 29.7. The Balaban J connectivity index is 1.40. The van der Waals surface area contributed by atoms with Crippen LogP contribution in [0.4, 0.5) is 0 Å². The van der Waals surface area contributed by atoms with Crippen LogP contribution in [0.3, 0.4) is 0 Å². The van der Waals surface area contributed by atoms with Gasteiger partial charge < -0.3 is 4.42 Å². The predicted octanol–water partition coefficient (Wildman–Crippen LogP) is 11.1. The minimum Gasteiger partial charge on any atom is -0.460 e. The van der Waals surface area contributed by atoms with E-state index in [1.807, 2.05) is 0 Å². The van der Waals surface area contributed by atoms with E-state index in [0.29, 0.717) is 6.42 Å². The first kappa shape index (κ1) is 25.7. The van der Waals surface area contributed by atoms with Crippen molar-refractivity contribution >= 4 is 21.9 Å². The molecule has 2 nitrogen and oxygen atoms in total. The van der Waals surface area contributed by atoms with Gasteiger partial charge in [-0.3, -0.25) is 0 Å². The molecule has 0 saturated heterocycles. The highest BCUT2D eigenvalue weighted by Gasteiger charge is 2.26. The molecular weight excluding hydrogens is 546 g/mol. The molecule has 0 aliphatic heterocycles. The van der Waals surface area contributed by atoms with Crippen molar-refractivity contribution < 1.29 is 4.42 Å². The summed E-state index contributed by atoms with van der Waals surface area (Å²) >= 11 is 0. The van der Waals surface area contributed by atoms with Gasteiger partial charge >= 0.3 is 0 Å². The molecule has 9 rings (SSSR count). The molecule has 0 unspecified atom stereocenters. The average Bonchev–Trinajstić information content (AvgIpc) is 3.46. The number of benzene rings is 6. The van der Waals surface area contributed by atoms with Crippen LogP contribution in [0.2, 0.25) is 0 Å². The van der Waals surface area contributed by atoms with E-state index in [9.17, 15) is 0 Å². The lowest BCUT2D eigenvalue weighted by atomic mass is 9.82. The number of aromatic nitrogens is 1. The largest absolute Gasteiger partial charge is 0.460 e. The van der Waals surface area contributed by atoms with Crippen LogP contribution in [0.1, 0.15) is 22.5 Å². The summed E-state index contributed by atoms with van der Waals surface area (Å²) in [7, 11) is 0. The van der Waals surface area contributed by atoms with Crippen molar-refractivity contribution in [3.8, 4) is 44.6 Å². The fourth-order valence-corrected chi connectivity index (χ4v) is 7.17. The van der Waals surface area contributed by atoms with Gasteiger partial charge in [0.2, 0.25) is 0 Å². The highest BCUT2D eigenvalue weighted by molar-refractivity contribution is 6.06. The Morgan fingerprint density at radius 2 is 1.07 bits per heavy atom. The first-order valence-electron chi connectivity index (χ1n) is 15.6. The van der Waals surface area contributed by atoms with Crippen LogP contribution in [0, 0.1) is 0 Å². The zero-order valence-corrected chi connectivity index (χ0v) is 24.7. The van der Waals surface area contributed by atoms with Crippen molar-refractivity contribution in [3.05, 3.63) is 174 Å². The van der Waals surface area contributed by atoms with Gasteiger partial charge in [-0.15, -0.1) is 0 Å². The van der Waals surface area contributed by atoms with Crippen LogP contribution < -0.4 is 0 Å². The molecule has 0 atom stereocenters. The molecule has 0 radical (unpaired) electrons. The fraction of sp³-hybridized carbons (Fsp3) is 0.0465. The number of hydrogen-bond acceptors (Lipinski definition) is 2. The maximum Gasteiger partial charge on any atom is 0.134 e. The number of hydrogen-bond donors (Lipinski definition) is 0. The first-order chi connectivity index (χ1) is 22.3. The predicted molar refractivity (Wildman–Crippen MR) is 185 cm³/mol. The van der Waals surface area contributed by atoms with E-state index < -0.39 is 0 Å². The second kappa shape index (κ2) is 10.5. The summed E-state index contributed by atoms with van der Waals surface area (Å²) in [6, 6.07) is 54.2. The molecule has 0 bridgehead atoms. The van der Waals surface area contributed by atoms with Crippen molar-refractivity contribution in [2.24, 2.45) is 0 Å². The first-order valence-corrected chi connectivity index (χ1v) is 15.6. The van der Waals surface area contributed by atoms with Gasteiger partial charge in [0, 0.05) is 28.3 Å². The summed E-state index contributed by atoms with van der Waals surface area (Å²) < 4.78 is 6.78. The van der Waals surface area contributed by atoms with Crippen molar-refractivity contribution in [1.29, 1.82) is 0 Å². The number of furan rings is 1. The van der Waals surface area contributed by atoms with Gasteiger partial charge in [-0.2, -0.15) is 0 Å². The summed E-state index contributed by atoms with van der Waals surface area (Å²) in [4.78, 5) is 5.13. The molecule has 0 amide bonds. The summed E-state index contributed by atoms with van der Waals surface area (Å²) in [6.45, 7) is 0. The number of nitrogens with zero attached hydrogens (tertiary/aromatic N) is 1. The molecule has 8 aromatic rings. The Bertz CT molecular complexity index is 2380. The Hall–Kier alpha value is -5.73. The van der Waals surface area contributed by atoms with Crippen molar-refractivity contribution in [1.82, 2.24) is 4.98 Å². The lowest BCUT2D eigenvalue weighted by Crippen LogP contribution is -2.03. The molecule has 45 heavy (non-hydrogen) atoms. The highest BCUT2D eigenvalue weighted by Crippen LogP contribution is 2.47. The molecule has 0 spiro atoms. The molecule has 0 N–H and O–H groups in total. The number of fused-ring (bicyclic) bond motifs is 9. The highest BCUT2D eigenvalue weighted by atomic mass is 16.3. The zero-order valence-electron chi connectivity index (χ0n) is 24.7. The van der Waals surface area contributed by atoms with Crippen molar-refractivity contribution in [2.75, 3.05) is 0 Å². The molecule has 0 saturated carbocycles. The molecule has 2 heteroatoms. The molecule has 2 heterocycles. The third kappa shape index (κ3) is 4.29. The third-order valence-electron chi connectivity index (χ3n) is 9.20. The topological polar surface area (TPSA) is 26.0 Å². The number of para-hydroxylation sites is 2. The summed E-state index contributed by atoms with van der Waals surface area (Å²) in [5, 5.41) is 2.29. The lowest BCUT2D eigenvalue weighted by molar-refractivity contribution is 0.564. The molecule has 0 fully saturated rings. The second-order valence-electron chi connectivity index (χ2n) is 11.8. The Morgan fingerprint density at radius 1 is 0.444 bits per heavy atom. The maximum absolute atomic E-state index is 6.78. The SMILES string of the molecule is c1ccc(-c2cc(-c3cccc4c3-c3c(oc5ccccc35)Cc3ccccc3-c3ccccc3C4)c3ccccc3n2)cc1. The van der Waals surface area contributed by atoms with Crippen LogP contribution in [-0.4, -0.2) is 4.98 Å². The van der Waals surface area contributed by atoms with E-state index in [0.717, 1.165) is 45.3 Å². The fourth-order valence-electron chi connectivity index (χ4n) is 7.17. The normalized spacial score (nSPS) is 12.3. The van der Waals surface area contributed by atoms with Crippen LogP contribution in [0.15, 0.2) is 156 Å². The third-order valence-corrected chi connectivity index (χ3v) is 9.20. The van der Waals surface area contributed by atoms with E-state index in [-0.39, 0.29) is 0 Å². The number of pyridine rings is 1. The van der Waals surface area contributed by atoms with E-state index in [1.165, 1.54) is 50.1 Å². The van der Waals surface area contributed by atoms with Gasteiger partial charge in [0.15, 0.2) is 0 Å². The van der Waals surface area contributed by atoms with Crippen LogP contribution >= 0.6 is 0 Å². The number of rotatable bonds is 2. The molecule has 1 aliphatic rings. The van der Waals surface area contributed by atoms with Crippen LogP contribution in [0.25, 0.3) is 66.5 Å². The van der Waals surface area contributed by atoms with E-state index >= 15 is 0 Å². The summed E-state index contributed by atoms with van der Waals surface area (Å²) in [5.74, 6) is 0.998. The van der Waals surface area contributed by atoms with E-state index in [4.69, 9.17) is 9.40 Å². The van der Waals surface area contributed by atoms with Gasteiger partial charge in [0.25, 0.3) is 0 Å². The standard InChI is InChI=1S/C43H29NO/c1-2-13-28(14-3-1)39-27-37(34-20-8-10-23-38(34)44-39)35-22-12-17-31-25-29-15-4-6-18-32(29)33-19-7-5-16-30(33)26-41-43(42(31)35)36-21-9-11-24-40(36)45-41/h1-24,27H,25-26H2. The van der Waals surface area contributed by atoms with E-state index in [2.05, 4.69) is 152 Å². The van der Waals surface area contributed by atoms with Gasteiger partial charge in [-0.05, 0) is 69.1 Å². The smallest absolute Gasteiger partial charge is 0.134 e. The van der Waals surface area contributed by atoms with Crippen LogP contribution in [-0.2, 0) is 12.8 Å². The Kier molecular flexibility index (Phi) is 5.99. The summed E-state index contributed by atoms with van der Waals surface area (Å²) in [5.41, 5.74) is 15.2. The average molecular weight is 576 g/mol. The van der Waals surface area contributed by atoms with E-state index in [1.54, 1.807) is 0 Å². The van der Waals surface area contributed by atoms with Gasteiger partial charge in [-0.1, -0.05) is 133 Å². The monoisotopic (exact) mass is 575 g/mol. The van der Waals surface area contributed by atoms with Gasteiger partial charge in [0.05, 0.1) is 11.2 Å². The molecule has 2 aromatic heterocycles. The Labute approximate surface area is 262 Å². The lowest BCUT2D eigenvalue weighted by Gasteiger charge is -2.21. The minimum absolute atomic E-state index is 0.703. The maximum atomic E-state index is 6.78. The quantitative estimate of drug-likeness (QED) is 0.205. The molecule has 1 aliphatic carbocycles. The molecule has 6 aromatic carbocycles. The molecule has 212 valence electrons. The van der Waals surface area contributed by atoms with Crippen molar-refractivity contribution in [3.63, 3.8) is 0 Å². The van der Waals surface area contributed by atoms with Crippen LogP contribution in [0.5, 0.6) is 0 Å². The Morgan fingerprint density at radius 3 is 1.89 bits per heavy atom. The van der Waals surface area contributed by atoms with Gasteiger partial charge in [-0.25, -0.2) is 4.98 Å². The second-order valence-corrected chi connectivity index (χ2v) is 11.8.